The van der Waals surface area contributed by atoms with Crippen LogP contribution in [-0.2, 0) is 23.8 Å². The molecule has 142 valence electrons. The summed E-state index contributed by atoms with van der Waals surface area (Å²) in [4.78, 5) is 23.9. The molecule has 0 radical (unpaired) electrons. The van der Waals surface area contributed by atoms with Gasteiger partial charge < -0.3 is 14.2 Å². The molecule has 1 fully saturated rings. The quantitative estimate of drug-likeness (QED) is 0.340. The molecular weight excluding hydrogens is 320 g/mol. The summed E-state index contributed by atoms with van der Waals surface area (Å²) < 4.78 is 15.2. The second-order valence-electron chi connectivity index (χ2n) is 6.95. The van der Waals surface area contributed by atoms with Crippen molar-refractivity contribution in [2.45, 2.75) is 59.5 Å². The predicted octanol–water partition coefficient (Wildman–Crippen LogP) is 3.83. The van der Waals surface area contributed by atoms with Gasteiger partial charge in [0.15, 0.2) is 0 Å². The first-order valence-electron chi connectivity index (χ1n) is 9.01. The van der Waals surface area contributed by atoms with Gasteiger partial charge in [-0.2, -0.15) is 0 Å². The molecular formula is C20H32O5. The van der Waals surface area contributed by atoms with E-state index in [0.717, 1.165) is 12.0 Å². The van der Waals surface area contributed by atoms with Gasteiger partial charge >= 0.3 is 11.9 Å². The molecule has 5 heteroatoms. The van der Waals surface area contributed by atoms with Crippen molar-refractivity contribution in [3.05, 3.63) is 22.8 Å². The predicted molar refractivity (Wildman–Crippen MR) is 97.0 cm³/mol. The van der Waals surface area contributed by atoms with Gasteiger partial charge in [0.05, 0.1) is 19.3 Å². The average Bonchev–Trinajstić information content (AvgIpc) is 2.56. The number of carbonyl (C=O) groups is 2. The second kappa shape index (κ2) is 10.4. The van der Waals surface area contributed by atoms with Crippen molar-refractivity contribution in [3.8, 4) is 0 Å². The molecule has 1 heterocycles. The Bertz CT molecular complexity index is 532. The van der Waals surface area contributed by atoms with Crippen molar-refractivity contribution in [2.24, 2.45) is 11.8 Å². The van der Waals surface area contributed by atoms with Crippen molar-refractivity contribution < 1.29 is 23.8 Å². The Balaban J connectivity index is 2.97. The van der Waals surface area contributed by atoms with E-state index in [0.29, 0.717) is 11.5 Å². The first kappa shape index (κ1) is 21.4. The maximum atomic E-state index is 12.2. The van der Waals surface area contributed by atoms with E-state index in [2.05, 4.69) is 20.8 Å². The van der Waals surface area contributed by atoms with Crippen LogP contribution in [0.1, 0.15) is 53.4 Å². The molecule has 1 aliphatic heterocycles. The standard InChI is InChI=1S/C20H32O5/c1-7-8-9-13(2)10-14(3)11-15(4)17(20(22)24-6)18-16(12-23-5)19(21)25-18/h11,13,16,18H,7-10,12H2,1-6H3. The zero-order valence-corrected chi connectivity index (χ0v) is 16.4. The molecule has 1 saturated heterocycles. The summed E-state index contributed by atoms with van der Waals surface area (Å²) >= 11 is 0. The number of unbranched alkanes of at least 4 members (excludes halogenated alkanes) is 1. The van der Waals surface area contributed by atoms with Crippen LogP contribution in [0.15, 0.2) is 22.8 Å². The molecule has 0 N–H and O–H groups in total. The number of methoxy groups -OCH3 is 2. The van der Waals surface area contributed by atoms with E-state index >= 15 is 0 Å². The lowest BCUT2D eigenvalue weighted by Crippen LogP contribution is -2.50. The zero-order chi connectivity index (χ0) is 19.0. The van der Waals surface area contributed by atoms with Crippen LogP contribution in [0.3, 0.4) is 0 Å². The summed E-state index contributed by atoms with van der Waals surface area (Å²) in [5.74, 6) is -0.645. The summed E-state index contributed by atoms with van der Waals surface area (Å²) in [6.45, 7) is 8.60. The van der Waals surface area contributed by atoms with Crippen LogP contribution in [0.2, 0.25) is 0 Å². The van der Waals surface area contributed by atoms with Crippen LogP contribution < -0.4 is 0 Å². The number of esters is 2. The molecule has 0 aliphatic carbocycles. The number of allylic oxidation sites excluding steroid dienone is 3. The lowest BCUT2D eigenvalue weighted by molar-refractivity contribution is -0.185. The highest BCUT2D eigenvalue weighted by atomic mass is 16.6. The molecule has 0 amide bonds. The van der Waals surface area contributed by atoms with Crippen molar-refractivity contribution in [1.29, 1.82) is 0 Å². The van der Waals surface area contributed by atoms with Gasteiger partial charge in [0, 0.05) is 7.11 Å². The fourth-order valence-electron chi connectivity index (χ4n) is 3.26. The third-order valence-electron chi connectivity index (χ3n) is 4.56. The van der Waals surface area contributed by atoms with E-state index < -0.39 is 18.0 Å². The van der Waals surface area contributed by atoms with Crippen LogP contribution >= 0.6 is 0 Å². The summed E-state index contributed by atoms with van der Waals surface area (Å²) in [5.41, 5.74) is 2.40. The highest BCUT2D eigenvalue weighted by Gasteiger charge is 2.47. The van der Waals surface area contributed by atoms with Gasteiger partial charge in [0.2, 0.25) is 0 Å². The fourth-order valence-corrected chi connectivity index (χ4v) is 3.26. The van der Waals surface area contributed by atoms with Crippen molar-refractivity contribution in [3.63, 3.8) is 0 Å². The molecule has 0 aromatic carbocycles. The Hall–Kier alpha value is -1.62. The Morgan fingerprint density at radius 1 is 1.32 bits per heavy atom. The fraction of sp³-hybridized carbons (Fsp3) is 0.700. The van der Waals surface area contributed by atoms with E-state index in [1.807, 2.05) is 13.0 Å². The Kier molecular flexibility index (Phi) is 8.90. The number of carbonyl (C=O) groups excluding carboxylic acids is 2. The maximum Gasteiger partial charge on any atom is 0.337 e. The lowest BCUT2D eigenvalue weighted by Gasteiger charge is -2.35. The monoisotopic (exact) mass is 352 g/mol. The van der Waals surface area contributed by atoms with Crippen molar-refractivity contribution in [2.75, 3.05) is 20.8 Å². The number of ether oxygens (including phenoxy) is 3. The smallest absolute Gasteiger partial charge is 0.337 e. The van der Waals surface area contributed by atoms with E-state index in [1.54, 1.807) is 0 Å². The number of rotatable bonds is 10. The van der Waals surface area contributed by atoms with Crippen molar-refractivity contribution >= 4 is 11.9 Å². The number of hydrogen-bond acceptors (Lipinski definition) is 5. The van der Waals surface area contributed by atoms with Gasteiger partial charge in [-0.15, -0.1) is 0 Å². The summed E-state index contributed by atoms with van der Waals surface area (Å²) in [5, 5.41) is 0. The highest BCUT2D eigenvalue weighted by Crippen LogP contribution is 2.32. The minimum absolute atomic E-state index is 0.230. The first-order valence-corrected chi connectivity index (χ1v) is 9.01. The Morgan fingerprint density at radius 2 is 2.00 bits per heavy atom. The lowest BCUT2D eigenvalue weighted by atomic mass is 9.87. The van der Waals surface area contributed by atoms with Gasteiger partial charge in [-0.05, 0) is 31.8 Å². The largest absolute Gasteiger partial charge is 0.466 e. The van der Waals surface area contributed by atoms with Crippen LogP contribution in [0.4, 0.5) is 0 Å². The number of cyclic esters (lactones) is 1. The normalized spacial score (nSPS) is 22.6. The van der Waals surface area contributed by atoms with Gasteiger partial charge in [-0.25, -0.2) is 4.79 Å². The average molecular weight is 352 g/mol. The van der Waals surface area contributed by atoms with Crippen LogP contribution in [0.5, 0.6) is 0 Å². The molecule has 0 spiro atoms. The molecule has 0 aromatic rings. The Morgan fingerprint density at radius 3 is 2.52 bits per heavy atom. The van der Waals surface area contributed by atoms with E-state index in [9.17, 15) is 9.59 Å². The van der Waals surface area contributed by atoms with Gasteiger partial charge in [0.25, 0.3) is 0 Å². The van der Waals surface area contributed by atoms with Gasteiger partial charge in [0.1, 0.15) is 12.0 Å². The third kappa shape index (κ3) is 5.99. The van der Waals surface area contributed by atoms with Crippen LogP contribution in [0, 0.1) is 11.8 Å². The first-order chi connectivity index (χ1) is 11.8. The van der Waals surface area contributed by atoms with E-state index in [1.165, 1.54) is 39.1 Å². The highest BCUT2D eigenvalue weighted by molar-refractivity contribution is 5.95. The SMILES string of the molecule is CCCCC(C)CC(C)=CC(C)=C(C(=O)OC)C1OC(=O)C1COC. The third-order valence-corrected chi connectivity index (χ3v) is 4.56. The van der Waals surface area contributed by atoms with Crippen LogP contribution in [-0.4, -0.2) is 38.9 Å². The van der Waals surface area contributed by atoms with Gasteiger partial charge in [-0.3, -0.25) is 4.79 Å². The Labute approximate surface area is 151 Å². The molecule has 0 saturated carbocycles. The second-order valence-corrected chi connectivity index (χ2v) is 6.95. The molecule has 3 unspecified atom stereocenters. The molecule has 3 atom stereocenters. The molecule has 5 nitrogen and oxygen atoms in total. The van der Waals surface area contributed by atoms with E-state index in [4.69, 9.17) is 14.2 Å². The minimum atomic E-state index is -0.596. The molecule has 1 rings (SSSR count). The minimum Gasteiger partial charge on any atom is -0.466 e. The zero-order valence-electron chi connectivity index (χ0n) is 16.4. The molecule has 0 aromatic heterocycles. The molecule has 0 bridgehead atoms. The van der Waals surface area contributed by atoms with Crippen LogP contribution in [0.25, 0.3) is 0 Å². The van der Waals surface area contributed by atoms with E-state index in [-0.39, 0.29) is 12.6 Å². The summed E-state index contributed by atoms with van der Waals surface area (Å²) in [7, 11) is 2.86. The van der Waals surface area contributed by atoms with Gasteiger partial charge in [-0.1, -0.05) is 44.8 Å². The topological polar surface area (TPSA) is 61.8 Å². The molecule has 1 aliphatic rings. The number of hydrogen-bond donors (Lipinski definition) is 0. The summed E-state index contributed by atoms with van der Waals surface area (Å²) in [6, 6.07) is 0. The molecule has 25 heavy (non-hydrogen) atoms. The van der Waals surface area contributed by atoms with Crippen molar-refractivity contribution in [1.82, 2.24) is 0 Å². The maximum absolute atomic E-state index is 12.2. The summed E-state index contributed by atoms with van der Waals surface area (Å²) in [6.07, 6.45) is 6.02.